The number of ether oxygens (including phenoxy) is 1. The predicted molar refractivity (Wildman–Crippen MR) is 173 cm³/mol. The van der Waals surface area contributed by atoms with Gasteiger partial charge in [-0.25, -0.2) is 0 Å². The molecule has 0 unspecified atom stereocenters. The van der Waals surface area contributed by atoms with E-state index in [0.717, 1.165) is 21.8 Å². The monoisotopic (exact) mass is 645 g/mol. The zero-order valence-electron chi connectivity index (χ0n) is 24.5. The minimum absolute atomic E-state index is 0.0429. The van der Waals surface area contributed by atoms with E-state index in [-0.39, 0.29) is 42.6 Å². The molecule has 5 rings (SSSR count). The van der Waals surface area contributed by atoms with E-state index in [0.29, 0.717) is 19.1 Å². The summed E-state index contributed by atoms with van der Waals surface area (Å²) in [5, 5.41) is 15.0. The molecule has 42 heavy (non-hydrogen) atoms. The number of rotatable bonds is 12. The molecule has 1 fully saturated rings. The van der Waals surface area contributed by atoms with Gasteiger partial charge in [-0.3, -0.25) is 0 Å². The van der Waals surface area contributed by atoms with E-state index in [9.17, 15) is 10.1 Å². The summed E-state index contributed by atoms with van der Waals surface area (Å²) in [4.78, 5) is 11.4. The number of nitro benzene ring substituents is 1. The first kappa shape index (κ1) is 30.4. The van der Waals surface area contributed by atoms with Crippen molar-refractivity contribution < 1.29 is 14.1 Å². The second-order valence-corrected chi connectivity index (χ2v) is 18.5. The molecular formula is C35H39NO4SeSi. The number of hydrogen-bond donors (Lipinski definition) is 0. The first-order valence-electron chi connectivity index (χ1n) is 14.6. The number of hydrogen-bond acceptors (Lipinski definition) is 4. The molecule has 0 aromatic heterocycles. The van der Waals surface area contributed by atoms with Crippen LogP contribution in [0.5, 0.6) is 0 Å². The van der Waals surface area contributed by atoms with Crippen molar-refractivity contribution in [3.8, 4) is 0 Å². The Morgan fingerprint density at radius 1 is 0.833 bits per heavy atom. The predicted octanol–water partition coefficient (Wildman–Crippen LogP) is 6.14. The van der Waals surface area contributed by atoms with Gasteiger partial charge >= 0.3 is 258 Å². The van der Waals surface area contributed by atoms with E-state index < -0.39 is 8.32 Å². The Bertz CT molecular complexity index is 1410. The molecule has 3 atom stereocenters. The molecule has 0 saturated heterocycles. The standard InChI is InChI=1S/C35H39NO4SeSi/c1-35(2,3)42(29-17-9-5-10-18-29,30-19-11-6-12-20-30)40-25-28-23-33(39-24-27-15-7-4-8-16-27)31(28)26-41-34-22-14-13-21-32(34)36(37)38/h4-22,28,31,33H,23-26H2,1-3H3/t28-,31-,33+/m0/s1. The number of benzene rings is 4. The molecule has 0 N–H and O–H groups in total. The molecule has 0 spiro atoms. The minimum atomic E-state index is -2.65. The molecule has 218 valence electrons. The van der Waals surface area contributed by atoms with Crippen LogP contribution >= 0.6 is 0 Å². The van der Waals surface area contributed by atoms with E-state index in [1.165, 1.54) is 10.4 Å². The Labute approximate surface area is 256 Å². The van der Waals surface area contributed by atoms with Gasteiger partial charge in [0.1, 0.15) is 0 Å². The summed E-state index contributed by atoms with van der Waals surface area (Å²) < 4.78 is 14.6. The van der Waals surface area contributed by atoms with Crippen molar-refractivity contribution in [1.82, 2.24) is 0 Å². The molecule has 0 aliphatic heterocycles. The van der Waals surface area contributed by atoms with Crippen molar-refractivity contribution in [2.45, 2.75) is 50.3 Å². The third-order valence-electron chi connectivity index (χ3n) is 8.35. The van der Waals surface area contributed by atoms with Gasteiger partial charge in [-0.15, -0.1) is 0 Å². The molecule has 4 aromatic rings. The van der Waals surface area contributed by atoms with Crippen LogP contribution in [0.4, 0.5) is 5.69 Å². The Morgan fingerprint density at radius 2 is 1.38 bits per heavy atom. The molecule has 4 aromatic carbocycles. The topological polar surface area (TPSA) is 61.6 Å². The van der Waals surface area contributed by atoms with Crippen LogP contribution in [0.1, 0.15) is 32.8 Å². The van der Waals surface area contributed by atoms with Crippen molar-refractivity contribution in [1.29, 1.82) is 0 Å². The maximum absolute atomic E-state index is 11.7. The van der Waals surface area contributed by atoms with E-state index in [2.05, 4.69) is 93.6 Å². The molecule has 0 heterocycles. The van der Waals surface area contributed by atoms with Crippen LogP contribution in [0.15, 0.2) is 115 Å². The SMILES string of the molecule is CC(C)(C)[Si](OC[C@@H]1C[C@@H](OCc2ccccc2)[C@H]1C[Se]c1ccccc1[N+](=O)[O-])(c1ccccc1)c1ccccc1. The van der Waals surface area contributed by atoms with Crippen LogP contribution in [0.25, 0.3) is 0 Å². The molecule has 0 bridgehead atoms. The first-order valence-corrected chi connectivity index (χ1v) is 18.5. The van der Waals surface area contributed by atoms with Crippen molar-refractivity contribution in [3.05, 3.63) is 131 Å². The molecule has 1 saturated carbocycles. The van der Waals surface area contributed by atoms with Crippen molar-refractivity contribution in [3.63, 3.8) is 0 Å². The molecule has 1 aliphatic rings. The molecule has 1 aliphatic carbocycles. The second-order valence-electron chi connectivity index (χ2n) is 12.0. The average Bonchev–Trinajstić information content (AvgIpc) is 2.99. The summed E-state index contributed by atoms with van der Waals surface area (Å²) in [6, 6.07) is 38.9. The fourth-order valence-corrected chi connectivity index (χ4v) is 13.5. The van der Waals surface area contributed by atoms with E-state index >= 15 is 0 Å². The fourth-order valence-electron chi connectivity index (χ4n) is 6.07. The quantitative estimate of drug-likeness (QED) is 0.106. The molecule has 7 heteroatoms. The number of para-hydroxylation sites is 1. The van der Waals surface area contributed by atoms with Crippen LogP contribution in [-0.4, -0.2) is 40.9 Å². The van der Waals surface area contributed by atoms with E-state index in [1.54, 1.807) is 12.1 Å². The Balaban J connectivity index is 1.39. The average molecular weight is 645 g/mol. The second kappa shape index (κ2) is 13.5. The van der Waals surface area contributed by atoms with E-state index in [1.807, 2.05) is 30.3 Å². The zero-order valence-corrected chi connectivity index (χ0v) is 27.2. The Morgan fingerprint density at radius 3 is 1.95 bits per heavy atom. The Kier molecular flexibility index (Phi) is 9.76. The molecule has 0 radical (unpaired) electrons. The summed E-state index contributed by atoms with van der Waals surface area (Å²) in [6.07, 6.45) is 1.05. The van der Waals surface area contributed by atoms with Crippen LogP contribution in [0, 0.1) is 22.0 Å². The zero-order chi connectivity index (χ0) is 29.6. The van der Waals surface area contributed by atoms with Gasteiger partial charge in [-0.2, -0.15) is 0 Å². The van der Waals surface area contributed by atoms with Gasteiger partial charge in [0.15, 0.2) is 0 Å². The fraction of sp³-hybridized carbons (Fsp3) is 0.314. The Hall–Kier alpha value is -3.06. The van der Waals surface area contributed by atoms with Crippen LogP contribution in [0.2, 0.25) is 10.4 Å². The normalized spacial score (nSPS) is 18.8. The summed E-state index contributed by atoms with van der Waals surface area (Å²) in [5.41, 5.74) is 1.38. The van der Waals surface area contributed by atoms with Gasteiger partial charge in [-0.1, -0.05) is 0 Å². The summed E-state index contributed by atoms with van der Waals surface area (Å²) in [6.45, 7) is 8.14. The third-order valence-corrected chi connectivity index (χ3v) is 15.9. The van der Waals surface area contributed by atoms with Crippen molar-refractivity contribution in [2.75, 3.05) is 6.61 Å². The third kappa shape index (κ3) is 6.61. The maximum atomic E-state index is 11.7. The van der Waals surface area contributed by atoms with Gasteiger partial charge in [0, 0.05) is 0 Å². The van der Waals surface area contributed by atoms with E-state index in [4.69, 9.17) is 9.16 Å². The van der Waals surface area contributed by atoms with Gasteiger partial charge in [0.25, 0.3) is 0 Å². The van der Waals surface area contributed by atoms with Gasteiger partial charge in [0.05, 0.1) is 0 Å². The van der Waals surface area contributed by atoms with Gasteiger partial charge < -0.3 is 0 Å². The van der Waals surface area contributed by atoms with Crippen molar-refractivity contribution in [2.24, 2.45) is 11.8 Å². The summed E-state index contributed by atoms with van der Waals surface area (Å²) in [5.74, 6) is 0.615. The number of nitrogens with zero attached hydrogens (tertiary/aromatic N) is 1. The molecule has 0 amide bonds. The van der Waals surface area contributed by atoms with Crippen molar-refractivity contribution >= 4 is 43.8 Å². The summed E-state index contributed by atoms with van der Waals surface area (Å²) in [7, 11) is -2.65. The van der Waals surface area contributed by atoms with Crippen LogP contribution < -0.4 is 14.8 Å². The van der Waals surface area contributed by atoms with Gasteiger partial charge in [0.2, 0.25) is 0 Å². The molecular weight excluding hydrogens is 605 g/mol. The number of nitro groups is 1. The first-order chi connectivity index (χ1) is 20.3. The van der Waals surface area contributed by atoms with Gasteiger partial charge in [-0.05, 0) is 0 Å². The molecule has 5 nitrogen and oxygen atoms in total. The summed E-state index contributed by atoms with van der Waals surface area (Å²) >= 11 is -0.0429. The van der Waals surface area contributed by atoms with Crippen LogP contribution in [0.3, 0.4) is 0 Å². The van der Waals surface area contributed by atoms with Crippen LogP contribution in [-0.2, 0) is 15.8 Å².